The summed E-state index contributed by atoms with van der Waals surface area (Å²) < 4.78 is 0. The van der Waals surface area contributed by atoms with Crippen LogP contribution in [0.2, 0.25) is 0 Å². The van der Waals surface area contributed by atoms with Crippen LogP contribution in [0.1, 0.15) is 5.56 Å². The molecule has 1 unspecified atom stereocenters. The molecule has 0 aliphatic heterocycles. The van der Waals surface area contributed by atoms with Crippen molar-refractivity contribution >= 4 is 22.7 Å². The summed E-state index contributed by atoms with van der Waals surface area (Å²) in [5.41, 5.74) is 1.30. The fourth-order valence-corrected chi connectivity index (χ4v) is 6.10. The first-order valence-corrected chi connectivity index (χ1v) is 11.2. The Hall–Kier alpha value is -2.42. The van der Waals surface area contributed by atoms with Crippen molar-refractivity contribution < 1.29 is 0 Å². The van der Waals surface area contributed by atoms with Crippen LogP contribution in [0, 0.1) is 6.92 Å². The third-order valence-corrected chi connectivity index (χ3v) is 7.84. The normalized spacial score (nSPS) is 12.6. The van der Waals surface area contributed by atoms with Gasteiger partial charge in [-0.05, 0) is 82.3 Å². The van der Waals surface area contributed by atoms with E-state index in [1.807, 2.05) is 11.8 Å². The van der Waals surface area contributed by atoms with Crippen molar-refractivity contribution in [2.24, 2.45) is 0 Å². The van der Waals surface area contributed by atoms with Crippen LogP contribution in [-0.4, -0.2) is 0 Å². The van der Waals surface area contributed by atoms with E-state index in [-0.39, 0.29) is 0 Å². The molecule has 134 valence electrons. The monoisotopic (exact) mass is 386 g/mol. The Morgan fingerprint density at radius 1 is 0.481 bits per heavy atom. The van der Waals surface area contributed by atoms with Crippen molar-refractivity contribution in [2.45, 2.75) is 31.4 Å². The van der Waals surface area contributed by atoms with Gasteiger partial charge in [0.1, 0.15) is 0 Å². The molecule has 0 aliphatic carbocycles. The highest BCUT2D eigenvalue weighted by molar-refractivity contribution is 8.17. The lowest BCUT2D eigenvalue weighted by molar-refractivity contribution is 1.28. The Balaban J connectivity index is 1.67. The molecule has 4 aromatic rings. The molecule has 0 nitrogen and oxygen atoms in total. The standard InChI is InChI=1S/C25H22S2/c1-20-12-16-24(17-13-20)27(23-10-6-3-7-11-23)25-18-14-22(15-19-25)26-21-8-4-2-5-9-21/h2-19,27H,1H3. The molecule has 4 aromatic carbocycles. The molecule has 0 amide bonds. The third kappa shape index (κ3) is 4.47. The van der Waals surface area contributed by atoms with E-state index in [9.17, 15) is 0 Å². The summed E-state index contributed by atoms with van der Waals surface area (Å²) >= 11 is 1.81. The molecule has 0 N–H and O–H groups in total. The molecule has 0 saturated carbocycles. The quantitative estimate of drug-likeness (QED) is 0.344. The molecule has 0 aliphatic rings. The predicted molar refractivity (Wildman–Crippen MR) is 118 cm³/mol. The molecule has 2 heteroatoms. The summed E-state index contributed by atoms with van der Waals surface area (Å²) in [5.74, 6) is 0. The Morgan fingerprint density at radius 2 is 0.926 bits per heavy atom. The van der Waals surface area contributed by atoms with Gasteiger partial charge in [-0.1, -0.05) is 65.9 Å². The SMILES string of the molecule is Cc1ccc([SH](c2ccccc2)c2ccc(Sc3ccccc3)cc2)cc1. The first-order chi connectivity index (χ1) is 13.3. The maximum Gasteiger partial charge on any atom is 0.0123 e. The number of rotatable bonds is 5. The van der Waals surface area contributed by atoms with Crippen LogP contribution in [0.25, 0.3) is 0 Å². The summed E-state index contributed by atoms with van der Waals surface area (Å²) in [7, 11) is -0.539. The minimum absolute atomic E-state index is 0.539. The van der Waals surface area contributed by atoms with Gasteiger partial charge in [0.15, 0.2) is 0 Å². The number of thiol groups is 1. The van der Waals surface area contributed by atoms with E-state index in [0.717, 1.165) is 0 Å². The smallest absolute Gasteiger partial charge is 0.0123 e. The van der Waals surface area contributed by atoms with Gasteiger partial charge in [-0.25, -0.2) is 0 Å². The van der Waals surface area contributed by atoms with Gasteiger partial charge in [0.05, 0.1) is 0 Å². The fraction of sp³-hybridized carbons (Fsp3) is 0.0400. The number of benzene rings is 4. The Bertz CT molecular complexity index is 976. The van der Waals surface area contributed by atoms with Gasteiger partial charge in [0, 0.05) is 9.79 Å². The average molecular weight is 387 g/mol. The second-order valence-electron chi connectivity index (χ2n) is 6.42. The van der Waals surface area contributed by atoms with E-state index < -0.39 is 10.9 Å². The van der Waals surface area contributed by atoms with Gasteiger partial charge in [-0.2, -0.15) is 10.9 Å². The van der Waals surface area contributed by atoms with Gasteiger partial charge in [0.25, 0.3) is 0 Å². The third-order valence-electron chi connectivity index (χ3n) is 4.38. The molecule has 0 aromatic heterocycles. The first kappa shape index (κ1) is 18.0. The van der Waals surface area contributed by atoms with Crippen LogP contribution in [0.15, 0.2) is 134 Å². The predicted octanol–water partition coefficient (Wildman–Crippen LogP) is 7.62. The lowest BCUT2D eigenvalue weighted by Gasteiger charge is -2.23. The molecular formula is C25H22S2. The summed E-state index contributed by atoms with van der Waals surface area (Å²) in [6.45, 7) is 2.14. The fourth-order valence-electron chi connectivity index (χ4n) is 3.01. The summed E-state index contributed by atoms with van der Waals surface area (Å²) in [6, 6.07) is 39.5. The van der Waals surface area contributed by atoms with Crippen molar-refractivity contribution in [1.82, 2.24) is 0 Å². The Labute approximate surface area is 168 Å². The topological polar surface area (TPSA) is 0 Å². The lowest BCUT2D eigenvalue weighted by atomic mass is 10.2. The van der Waals surface area contributed by atoms with E-state index in [1.165, 1.54) is 30.0 Å². The highest BCUT2D eigenvalue weighted by atomic mass is 32.2. The van der Waals surface area contributed by atoms with Crippen LogP contribution in [0.3, 0.4) is 0 Å². The molecular weight excluding hydrogens is 364 g/mol. The molecule has 0 fully saturated rings. The Morgan fingerprint density at radius 3 is 1.52 bits per heavy atom. The summed E-state index contributed by atoms with van der Waals surface area (Å²) in [5, 5.41) is 0. The van der Waals surface area contributed by atoms with Crippen molar-refractivity contribution in [3.05, 3.63) is 115 Å². The molecule has 1 atom stereocenters. The van der Waals surface area contributed by atoms with Crippen LogP contribution in [-0.2, 0) is 0 Å². The van der Waals surface area contributed by atoms with Crippen LogP contribution in [0.5, 0.6) is 0 Å². The maximum absolute atomic E-state index is 2.30. The molecule has 0 radical (unpaired) electrons. The number of aryl methyl sites for hydroxylation is 1. The highest BCUT2D eigenvalue weighted by Crippen LogP contribution is 2.51. The van der Waals surface area contributed by atoms with Crippen molar-refractivity contribution in [3.63, 3.8) is 0 Å². The largest absolute Gasteiger partial charge is 0.173 e. The maximum atomic E-state index is 2.30. The first-order valence-electron chi connectivity index (χ1n) is 9.04. The molecule has 0 spiro atoms. The van der Waals surface area contributed by atoms with E-state index >= 15 is 0 Å². The lowest BCUT2D eigenvalue weighted by Crippen LogP contribution is -1.88. The molecule has 0 bridgehead atoms. The summed E-state index contributed by atoms with van der Waals surface area (Å²) in [6.07, 6.45) is 0. The van der Waals surface area contributed by atoms with E-state index in [0.29, 0.717) is 0 Å². The van der Waals surface area contributed by atoms with Crippen LogP contribution < -0.4 is 0 Å². The van der Waals surface area contributed by atoms with Gasteiger partial charge < -0.3 is 0 Å². The van der Waals surface area contributed by atoms with Crippen molar-refractivity contribution in [1.29, 1.82) is 0 Å². The van der Waals surface area contributed by atoms with Crippen LogP contribution >= 0.6 is 22.7 Å². The zero-order valence-corrected chi connectivity index (χ0v) is 17.0. The van der Waals surface area contributed by atoms with Gasteiger partial charge >= 0.3 is 0 Å². The second-order valence-corrected chi connectivity index (χ2v) is 9.78. The second kappa shape index (κ2) is 8.51. The Kier molecular flexibility index (Phi) is 5.66. The van der Waals surface area contributed by atoms with Crippen molar-refractivity contribution in [3.8, 4) is 0 Å². The molecule has 0 heterocycles. The van der Waals surface area contributed by atoms with Gasteiger partial charge in [-0.15, -0.1) is 0 Å². The molecule has 27 heavy (non-hydrogen) atoms. The molecule has 4 rings (SSSR count). The van der Waals surface area contributed by atoms with E-state index in [1.54, 1.807) is 0 Å². The number of hydrogen-bond donors (Lipinski definition) is 1. The van der Waals surface area contributed by atoms with Crippen molar-refractivity contribution in [2.75, 3.05) is 0 Å². The minimum atomic E-state index is -0.539. The van der Waals surface area contributed by atoms with Crippen LogP contribution in [0.4, 0.5) is 0 Å². The average Bonchev–Trinajstić information content (AvgIpc) is 2.73. The van der Waals surface area contributed by atoms with E-state index in [2.05, 4.69) is 116 Å². The molecule has 0 saturated heterocycles. The zero-order valence-electron chi connectivity index (χ0n) is 15.2. The van der Waals surface area contributed by atoms with Gasteiger partial charge in [0.2, 0.25) is 0 Å². The van der Waals surface area contributed by atoms with Gasteiger partial charge in [-0.3, -0.25) is 0 Å². The summed E-state index contributed by atoms with van der Waals surface area (Å²) in [4.78, 5) is 6.72. The zero-order chi connectivity index (χ0) is 18.5. The number of hydrogen-bond acceptors (Lipinski definition) is 1. The van der Waals surface area contributed by atoms with E-state index in [4.69, 9.17) is 0 Å². The highest BCUT2D eigenvalue weighted by Gasteiger charge is 2.12. The minimum Gasteiger partial charge on any atom is -0.173 e.